The number of aromatic nitrogens is 4. The van der Waals surface area contributed by atoms with Crippen LogP contribution in [-0.4, -0.2) is 25.5 Å². The fourth-order valence-electron chi connectivity index (χ4n) is 1.93. The van der Waals surface area contributed by atoms with Crippen LogP contribution in [0, 0.1) is 13.8 Å². The van der Waals surface area contributed by atoms with Crippen LogP contribution in [0.1, 0.15) is 23.7 Å². The molecule has 1 amide bonds. The predicted octanol–water partition coefficient (Wildman–Crippen LogP) is 1.03. The van der Waals surface area contributed by atoms with Gasteiger partial charge in [-0.05, 0) is 26.3 Å². The summed E-state index contributed by atoms with van der Waals surface area (Å²) in [5.41, 5.74) is 3.19. The Labute approximate surface area is 112 Å². The number of nitrogens with zero attached hydrogens (tertiary/aromatic N) is 4. The lowest BCUT2D eigenvalue weighted by molar-refractivity contribution is -0.122. The predicted molar refractivity (Wildman–Crippen MR) is 71.4 cm³/mol. The summed E-state index contributed by atoms with van der Waals surface area (Å²) in [6, 6.07) is 0. The fraction of sp³-hybridized carbons (Fsp3) is 0.462. The lowest BCUT2D eigenvalue weighted by Gasteiger charge is -2.05. The molecule has 0 saturated carbocycles. The van der Waals surface area contributed by atoms with Gasteiger partial charge in [0, 0.05) is 30.5 Å². The molecule has 2 heterocycles. The van der Waals surface area contributed by atoms with Gasteiger partial charge in [-0.3, -0.25) is 14.2 Å². The van der Waals surface area contributed by atoms with Crippen molar-refractivity contribution in [1.29, 1.82) is 0 Å². The summed E-state index contributed by atoms with van der Waals surface area (Å²) in [6.45, 7) is 7.59. The topological polar surface area (TPSA) is 64.7 Å². The van der Waals surface area contributed by atoms with Gasteiger partial charge in [-0.25, -0.2) is 0 Å². The molecule has 102 valence electrons. The molecule has 0 aliphatic heterocycles. The quantitative estimate of drug-likeness (QED) is 0.874. The molecule has 1 N–H and O–H groups in total. The molecule has 0 radical (unpaired) electrons. The van der Waals surface area contributed by atoms with Crippen molar-refractivity contribution in [3.8, 4) is 0 Å². The van der Waals surface area contributed by atoms with E-state index in [1.54, 1.807) is 17.1 Å². The van der Waals surface area contributed by atoms with Gasteiger partial charge in [-0.2, -0.15) is 10.2 Å². The summed E-state index contributed by atoms with van der Waals surface area (Å²) in [5, 5.41) is 11.2. The summed E-state index contributed by atoms with van der Waals surface area (Å²) in [6.07, 6.45) is 5.39. The van der Waals surface area contributed by atoms with Gasteiger partial charge in [0.25, 0.3) is 0 Å². The van der Waals surface area contributed by atoms with E-state index in [1.807, 2.05) is 31.6 Å². The van der Waals surface area contributed by atoms with Crippen LogP contribution >= 0.6 is 0 Å². The molecule has 2 aromatic heterocycles. The van der Waals surface area contributed by atoms with E-state index in [2.05, 4.69) is 15.5 Å². The zero-order valence-corrected chi connectivity index (χ0v) is 11.6. The van der Waals surface area contributed by atoms with E-state index >= 15 is 0 Å². The highest BCUT2D eigenvalue weighted by atomic mass is 16.2. The third-order valence-electron chi connectivity index (χ3n) is 3.05. The smallest absolute Gasteiger partial charge is 0.241 e. The van der Waals surface area contributed by atoms with Gasteiger partial charge in [0.2, 0.25) is 5.91 Å². The SMILES string of the molecule is CCn1ncc(CNC(=O)Cn2cc(C)cn2)c1C. The lowest BCUT2D eigenvalue weighted by atomic mass is 10.2. The number of carbonyl (C=O) groups is 1. The number of aryl methyl sites for hydroxylation is 2. The van der Waals surface area contributed by atoms with Crippen molar-refractivity contribution in [1.82, 2.24) is 24.9 Å². The first-order valence-corrected chi connectivity index (χ1v) is 6.37. The molecule has 0 atom stereocenters. The minimum Gasteiger partial charge on any atom is -0.350 e. The van der Waals surface area contributed by atoms with Crippen molar-refractivity contribution < 1.29 is 4.79 Å². The summed E-state index contributed by atoms with van der Waals surface area (Å²) in [4.78, 5) is 11.8. The Hall–Kier alpha value is -2.11. The van der Waals surface area contributed by atoms with Crippen LogP contribution < -0.4 is 5.32 Å². The van der Waals surface area contributed by atoms with Crippen molar-refractivity contribution in [2.75, 3.05) is 0 Å². The van der Waals surface area contributed by atoms with Crippen molar-refractivity contribution in [3.63, 3.8) is 0 Å². The molecule has 19 heavy (non-hydrogen) atoms. The molecule has 6 nitrogen and oxygen atoms in total. The highest BCUT2D eigenvalue weighted by molar-refractivity contribution is 5.75. The average Bonchev–Trinajstić information content (AvgIpc) is 2.93. The molecular weight excluding hydrogens is 242 g/mol. The molecule has 0 aliphatic rings. The molecule has 0 spiro atoms. The van der Waals surface area contributed by atoms with Crippen LogP contribution in [0.15, 0.2) is 18.6 Å². The van der Waals surface area contributed by atoms with Gasteiger partial charge in [0.1, 0.15) is 6.54 Å². The Morgan fingerprint density at radius 1 is 1.32 bits per heavy atom. The molecule has 2 aromatic rings. The maximum Gasteiger partial charge on any atom is 0.241 e. The van der Waals surface area contributed by atoms with Crippen molar-refractivity contribution in [2.45, 2.75) is 40.4 Å². The number of hydrogen-bond donors (Lipinski definition) is 1. The third kappa shape index (κ3) is 3.21. The van der Waals surface area contributed by atoms with E-state index in [-0.39, 0.29) is 12.5 Å². The molecule has 0 aliphatic carbocycles. The molecule has 0 aromatic carbocycles. The summed E-state index contributed by atoms with van der Waals surface area (Å²) in [5.74, 6) is -0.0493. The first-order chi connectivity index (χ1) is 9.10. The van der Waals surface area contributed by atoms with Crippen molar-refractivity contribution in [3.05, 3.63) is 35.4 Å². The Bertz CT molecular complexity index is 569. The largest absolute Gasteiger partial charge is 0.350 e. The van der Waals surface area contributed by atoms with E-state index in [4.69, 9.17) is 0 Å². The van der Waals surface area contributed by atoms with E-state index < -0.39 is 0 Å². The van der Waals surface area contributed by atoms with E-state index in [9.17, 15) is 4.79 Å². The first-order valence-electron chi connectivity index (χ1n) is 6.37. The lowest BCUT2D eigenvalue weighted by Crippen LogP contribution is -2.27. The standard InChI is InChI=1S/C13H19N5O/c1-4-18-11(3)12(7-16-18)6-14-13(19)9-17-8-10(2)5-15-17/h5,7-8H,4,6,9H2,1-3H3,(H,14,19). The maximum absolute atomic E-state index is 11.8. The third-order valence-corrected chi connectivity index (χ3v) is 3.05. The molecule has 2 rings (SSSR count). The average molecular weight is 261 g/mol. The Balaban J connectivity index is 1.88. The molecule has 0 bridgehead atoms. The van der Waals surface area contributed by atoms with Crippen LogP contribution in [0.4, 0.5) is 0 Å². The number of rotatable bonds is 5. The van der Waals surface area contributed by atoms with Crippen LogP contribution in [0.2, 0.25) is 0 Å². The van der Waals surface area contributed by atoms with Gasteiger partial charge in [-0.1, -0.05) is 0 Å². The van der Waals surface area contributed by atoms with E-state index in [0.29, 0.717) is 6.54 Å². The van der Waals surface area contributed by atoms with E-state index in [1.165, 1.54) is 0 Å². The number of hydrogen-bond acceptors (Lipinski definition) is 3. The highest BCUT2D eigenvalue weighted by Crippen LogP contribution is 2.06. The molecule has 6 heteroatoms. The fourth-order valence-corrected chi connectivity index (χ4v) is 1.93. The van der Waals surface area contributed by atoms with Gasteiger partial charge in [0.05, 0.1) is 12.4 Å². The summed E-state index contributed by atoms with van der Waals surface area (Å²) in [7, 11) is 0. The van der Waals surface area contributed by atoms with Gasteiger partial charge in [-0.15, -0.1) is 0 Å². The van der Waals surface area contributed by atoms with Gasteiger partial charge in [0.15, 0.2) is 0 Å². The monoisotopic (exact) mass is 261 g/mol. The van der Waals surface area contributed by atoms with Gasteiger partial charge >= 0.3 is 0 Å². The molecule has 0 saturated heterocycles. The zero-order valence-electron chi connectivity index (χ0n) is 11.6. The van der Waals surface area contributed by atoms with Crippen LogP contribution in [0.5, 0.6) is 0 Å². The van der Waals surface area contributed by atoms with Crippen LogP contribution in [-0.2, 0) is 24.4 Å². The normalized spacial score (nSPS) is 10.7. The minimum atomic E-state index is -0.0493. The van der Waals surface area contributed by atoms with E-state index in [0.717, 1.165) is 23.4 Å². The first kappa shape index (κ1) is 13.3. The molecule has 0 fully saturated rings. The Morgan fingerprint density at radius 3 is 2.68 bits per heavy atom. The van der Waals surface area contributed by atoms with Crippen molar-refractivity contribution in [2.24, 2.45) is 0 Å². The number of carbonyl (C=O) groups excluding carboxylic acids is 1. The highest BCUT2D eigenvalue weighted by Gasteiger charge is 2.08. The number of nitrogens with one attached hydrogen (secondary N) is 1. The molecular formula is C13H19N5O. The van der Waals surface area contributed by atoms with Gasteiger partial charge < -0.3 is 5.32 Å². The number of amides is 1. The Morgan fingerprint density at radius 2 is 2.11 bits per heavy atom. The van der Waals surface area contributed by atoms with Crippen molar-refractivity contribution >= 4 is 5.91 Å². The second kappa shape index (κ2) is 5.69. The summed E-state index contributed by atoms with van der Waals surface area (Å²) >= 11 is 0. The van der Waals surface area contributed by atoms with Crippen LogP contribution in [0.25, 0.3) is 0 Å². The Kier molecular flexibility index (Phi) is 3.99. The maximum atomic E-state index is 11.8. The second-order valence-corrected chi connectivity index (χ2v) is 4.56. The summed E-state index contributed by atoms with van der Waals surface area (Å²) < 4.78 is 3.55. The van der Waals surface area contributed by atoms with Crippen LogP contribution in [0.3, 0.4) is 0 Å². The molecule has 0 unspecified atom stereocenters. The zero-order chi connectivity index (χ0) is 13.8. The second-order valence-electron chi connectivity index (χ2n) is 4.56. The minimum absolute atomic E-state index is 0.0493.